The van der Waals surface area contributed by atoms with Crippen molar-refractivity contribution in [3.63, 3.8) is 0 Å². The SMILES string of the molecule is COc1cn(-c2ccccc2)nc1C(=O)NCCCn1ccc2ccccc21. The highest BCUT2D eigenvalue weighted by atomic mass is 16.5. The first-order chi connectivity index (χ1) is 13.8. The number of carbonyl (C=O) groups is 1. The van der Waals surface area contributed by atoms with Crippen molar-refractivity contribution in [3.8, 4) is 11.4 Å². The van der Waals surface area contributed by atoms with E-state index in [4.69, 9.17) is 4.74 Å². The van der Waals surface area contributed by atoms with Crippen molar-refractivity contribution < 1.29 is 9.53 Å². The summed E-state index contributed by atoms with van der Waals surface area (Å²) in [7, 11) is 1.54. The van der Waals surface area contributed by atoms with Crippen molar-refractivity contribution >= 4 is 16.8 Å². The molecule has 1 amide bonds. The predicted octanol–water partition coefficient (Wildman–Crippen LogP) is 3.66. The summed E-state index contributed by atoms with van der Waals surface area (Å²) in [6.45, 7) is 1.40. The number of aryl methyl sites for hydroxylation is 1. The van der Waals surface area contributed by atoms with Crippen LogP contribution < -0.4 is 10.1 Å². The van der Waals surface area contributed by atoms with Crippen LogP contribution in [0.2, 0.25) is 0 Å². The van der Waals surface area contributed by atoms with Crippen molar-refractivity contribution in [2.75, 3.05) is 13.7 Å². The van der Waals surface area contributed by atoms with Crippen molar-refractivity contribution in [1.29, 1.82) is 0 Å². The first kappa shape index (κ1) is 17.9. The molecule has 1 N–H and O–H groups in total. The lowest BCUT2D eigenvalue weighted by atomic mass is 10.2. The van der Waals surface area contributed by atoms with Gasteiger partial charge in [0, 0.05) is 24.8 Å². The van der Waals surface area contributed by atoms with E-state index in [0.29, 0.717) is 12.3 Å². The molecule has 0 saturated heterocycles. The number of hydrogen-bond acceptors (Lipinski definition) is 3. The summed E-state index contributed by atoms with van der Waals surface area (Å²) in [5, 5.41) is 8.56. The van der Waals surface area contributed by atoms with E-state index in [9.17, 15) is 4.79 Å². The number of aromatic nitrogens is 3. The molecule has 2 aromatic heterocycles. The van der Waals surface area contributed by atoms with Crippen LogP contribution in [-0.4, -0.2) is 33.9 Å². The molecule has 0 spiro atoms. The Hall–Kier alpha value is -3.54. The van der Waals surface area contributed by atoms with E-state index in [2.05, 4.69) is 39.4 Å². The maximum atomic E-state index is 12.6. The minimum absolute atomic E-state index is 0.233. The van der Waals surface area contributed by atoms with E-state index < -0.39 is 0 Å². The number of rotatable bonds is 7. The predicted molar refractivity (Wildman–Crippen MR) is 109 cm³/mol. The summed E-state index contributed by atoms with van der Waals surface area (Å²) in [6.07, 6.45) is 4.62. The lowest BCUT2D eigenvalue weighted by Gasteiger charge is -2.07. The molecule has 0 unspecified atom stereocenters. The third kappa shape index (κ3) is 3.62. The average molecular weight is 374 g/mol. The fourth-order valence-electron chi connectivity index (χ4n) is 3.25. The first-order valence-electron chi connectivity index (χ1n) is 9.27. The molecular formula is C22H22N4O2. The number of methoxy groups -OCH3 is 1. The highest BCUT2D eigenvalue weighted by Gasteiger charge is 2.18. The summed E-state index contributed by atoms with van der Waals surface area (Å²) in [5.74, 6) is 0.224. The molecule has 4 rings (SSSR count). The second-order valence-corrected chi connectivity index (χ2v) is 6.50. The van der Waals surface area contributed by atoms with E-state index in [1.54, 1.807) is 18.0 Å². The van der Waals surface area contributed by atoms with Gasteiger partial charge < -0.3 is 14.6 Å². The zero-order valence-corrected chi connectivity index (χ0v) is 15.7. The minimum Gasteiger partial charge on any atom is -0.493 e. The van der Waals surface area contributed by atoms with Gasteiger partial charge in [-0.1, -0.05) is 36.4 Å². The summed E-state index contributed by atoms with van der Waals surface area (Å²) in [5.41, 5.74) is 2.37. The molecule has 0 radical (unpaired) electrons. The molecule has 0 aliphatic carbocycles. The first-order valence-corrected chi connectivity index (χ1v) is 9.27. The highest BCUT2D eigenvalue weighted by molar-refractivity contribution is 5.94. The summed E-state index contributed by atoms with van der Waals surface area (Å²) >= 11 is 0. The molecule has 4 aromatic rings. The number of hydrogen-bond donors (Lipinski definition) is 1. The van der Waals surface area contributed by atoms with Crippen LogP contribution in [0, 0.1) is 0 Å². The van der Waals surface area contributed by atoms with Gasteiger partial charge in [-0.15, -0.1) is 0 Å². The van der Waals surface area contributed by atoms with Crippen LogP contribution in [0.3, 0.4) is 0 Å². The Bertz CT molecular complexity index is 1080. The van der Waals surface area contributed by atoms with Crippen LogP contribution in [0.25, 0.3) is 16.6 Å². The molecule has 142 valence electrons. The van der Waals surface area contributed by atoms with Gasteiger partial charge in [-0.25, -0.2) is 4.68 Å². The normalized spacial score (nSPS) is 10.9. The monoisotopic (exact) mass is 374 g/mol. The van der Waals surface area contributed by atoms with Gasteiger partial charge in [0.2, 0.25) is 0 Å². The van der Waals surface area contributed by atoms with Gasteiger partial charge in [0.25, 0.3) is 5.91 Å². The van der Waals surface area contributed by atoms with Crippen LogP contribution >= 0.6 is 0 Å². The molecule has 28 heavy (non-hydrogen) atoms. The average Bonchev–Trinajstić information content (AvgIpc) is 3.36. The summed E-state index contributed by atoms with van der Waals surface area (Å²) in [6, 6.07) is 20.0. The standard InChI is InChI=1S/C22H22N4O2/c1-28-20-16-26(18-9-3-2-4-10-18)24-21(20)22(27)23-13-7-14-25-15-12-17-8-5-6-11-19(17)25/h2-6,8-12,15-16H,7,13-14H2,1H3,(H,23,27). The molecule has 0 saturated carbocycles. The lowest BCUT2D eigenvalue weighted by molar-refractivity contribution is 0.0944. The van der Waals surface area contributed by atoms with Gasteiger partial charge in [-0.2, -0.15) is 5.10 Å². The Kier molecular flexibility index (Phi) is 5.10. The van der Waals surface area contributed by atoms with Crippen molar-refractivity contribution in [2.45, 2.75) is 13.0 Å². The molecule has 0 aliphatic heterocycles. The van der Waals surface area contributed by atoms with Crippen LogP contribution in [0.1, 0.15) is 16.9 Å². The molecule has 0 bridgehead atoms. The second kappa shape index (κ2) is 8.00. The van der Waals surface area contributed by atoms with Gasteiger partial charge in [0.1, 0.15) is 0 Å². The van der Waals surface area contributed by atoms with E-state index >= 15 is 0 Å². The summed E-state index contributed by atoms with van der Waals surface area (Å²) < 4.78 is 9.19. The largest absolute Gasteiger partial charge is 0.493 e. The van der Waals surface area contributed by atoms with E-state index in [0.717, 1.165) is 18.7 Å². The Morgan fingerprint density at radius 3 is 2.68 bits per heavy atom. The van der Waals surface area contributed by atoms with E-state index in [1.807, 2.05) is 42.5 Å². The number of ether oxygens (including phenoxy) is 1. The van der Waals surface area contributed by atoms with Crippen molar-refractivity contribution in [3.05, 3.63) is 78.8 Å². The van der Waals surface area contributed by atoms with Gasteiger partial charge in [0.15, 0.2) is 11.4 Å². The van der Waals surface area contributed by atoms with Crippen LogP contribution in [-0.2, 0) is 6.54 Å². The van der Waals surface area contributed by atoms with Gasteiger partial charge >= 0.3 is 0 Å². The number of benzene rings is 2. The maximum Gasteiger partial charge on any atom is 0.275 e. The fraction of sp³-hybridized carbons (Fsp3) is 0.182. The number of nitrogens with zero attached hydrogens (tertiary/aromatic N) is 3. The lowest BCUT2D eigenvalue weighted by Crippen LogP contribution is -2.26. The Balaban J connectivity index is 1.38. The smallest absolute Gasteiger partial charge is 0.275 e. The molecule has 0 aliphatic rings. The van der Waals surface area contributed by atoms with Crippen LogP contribution in [0.4, 0.5) is 0 Å². The second-order valence-electron chi connectivity index (χ2n) is 6.50. The molecule has 6 nitrogen and oxygen atoms in total. The third-order valence-electron chi connectivity index (χ3n) is 4.68. The van der Waals surface area contributed by atoms with Crippen molar-refractivity contribution in [1.82, 2.24) is 19.7 Å². The zero-order valence-electron chi connectivity index (χ0n) is 15.7. The minimum atomic E-state index is -0.233. The topological polar surface area (TPSA) is 61.1 Å². The van der Waals surface area contributed by atoms with Gasteiger partial charge in [-0.05, 0) is 36.1 Å². The fourth-order valence-corrected chi connectivity index (χ4v) is 3.25. The highest BCUT2D eigenvalue weighted by Crippen LogP contribution is 2.19. The molecular weight excluding hydrogens is 352 g/mol. The molecule has 0 atom stereocenters. The van der Waals surface area contributed by atoms with Gasteiger partial charge in [-0.3, -0.25) is 4.79 Å². The molecule has 0 fully saturated rings. The van der Waals surface area contributed by atoms with Crippen molar-refractivity contribution in [2.24, 2.45) is 0 Å². The van der Waals surface area contributed by atoms with E-state index in [1.165, 1.54) is 10.9 Å². The van der Waals surface area contributed by atoms with E-state index in [-0.39, 0.29) is 11.6 Å². The van der Waals surface area contributed by atoms with Crippen LogP contribution in [0.15, 0.2) is 73.1 Å². The third-order valence-corrected chi connectivity index (χ3v) is 4.68. The molecule has 6 heteroatoms. The van der Waals surface area contributed by atoms with Gasteiger partial charge in [0.05, 0.1) is 19.0 Å². The number of nitrogens with one attached hydrogen (secondary N) is 1. The number of amides is 1. The summed E-state index contributed by atoms with van der Waals surface area (Å²) in [4.78, 5) is 12.6. The Morgan fingerprint density at radius 2 is 1.86 bits per heavy atom. The number of para-hydroxylation sites is 2. The quantitative estimate of drug-likeness (QED) is 0.502. The number of carbonyl (C=O) groups excluding carboxylic acids is 1. The zero-order chi connectivity index (χ0) is 19.3. The molecule has 2 heterocycles. The Morgan fingerprint density at radius 1 is 1.07 bits per heavy atom. The Labute approximate surface area is 163 Å². The van der Waals surface area contributed by atoms with Crippen LogP contribution in [0.5, 0.6) is 5.75 Å². The maximum absolute atomic E-state index is 12.6. The number of fused-ring (bicyclic) bond motifs is 1. The molecule has 2 aromatic carbocycles.